The molecule has 4 nitrogen and oxygen atoms in total. The molecule has 0 atom stereocenters. The lowest BCUT2D eigenvalue weighted by molar-refractivity contribution is 0.909. The highest BCUT2D eigenvalue weighted by Crippen LogP contribution is 2.22. The maximum absolute atomic E-state index is 5.65. The van der Waals surface area contributed by atoms with Crippen molar-refractivity contribution in [1.82, 2.24) is 14.6 Å². The van der Waals surface area contributed by atoms with Gasteiger partial charge in [0.1, 0.15) is 4.60 Å². The lowest BCUT2D eigenvalue weighted by Gasteiger charge is -2.03. The van der Waals surface area contributed by atoms with Gasteiger partial charge in [0.15, 0.2) is 5.65 Å². The van der Waals surface area contributed by atoms with Crippen LogP contribution < -0.4 is 5.73 Å². The van der Waals surface area contributed by atoms with E-state index in [0.29, 0.717) is 6.54 Å². The van der Waals surface area contributed by atoms with Crippen LogP contribution in [0.3, 0.4) is 0 Å². The van der Waals surface area contributed by atoms with Crippen molar-refractivity contribution in [2.75, 3.05) is 0 Å². The fraction of sp³-hybridized carbons (Fsp3) is 0.143. The van der Waals surface area contributed by atoms with Crippen molar-refractivity contribution in [1.29, 1.82) is 0 Å². The molecule has 19 heavy (non-hydrogen) atoms. The summed E-state index contributed by atoms with van der Waals surface area (Å²) in [4.78, 5) is 4.41. The summed E-state index contributed by atoms with van der Waals surface area (Å²) in [5, 5.41) is 4.61. The maximum atomic E-state index is 5.65. The summed E-state index contributed by atoms with van der Waals surface area (Å²) < 4.78 is 2.60. The number of hydrogen-bond donors (Lipinski definition) is 1. The molecule has 0 aliphatic rings. The molecule has 0 fully saturated rings. The van der Waals surface area contributed by atoms with Crippen molar-refractivity contribution in [3.8, 4) is 11.3 Å². The number of nitrogens with two attached hydrogens (primary N) is 1. The number of fused-ring (bicyclic) bond motifs is 1. The van der Waals surface area contributed by atoms with Gasteiger partial charge in [-0.1, -0.05) is 23.8 Å². The summed E-state index contributed by atoms with van der Waals surface area (Å²) in [6, 6.07) is 12.2. The molecule has 1 aromatic carbocycles. The van der Waals surface area contributed by atoms with Crippen LogP contribution in [0.4, 0.5) is 0 Å². The fourth-order valence-corrected chi connectivity index (χ4v) is 2.55. The van der Waals surface area contributed by atoms with Crippen LogP contribution in [0.5, 0.6) is 0 Å². The predicted molar refractivity (Wildman–Crippen MR) is 78.8 cm³/mol. The highest BCUT2D eigenvalue weighted by molar-refractivity contribution is 9.10. The van der Waals surface area contributed by atoms with Crippen LogP contribution in [0.15, 0.2) is 41.0 Å². The Morgan fingerprint density at radius 1 is 1.26 bits per heavy atom. The first-order chi connectivity index (χ1) is 9.19. The lowest BCUT2D eigenvalue weighted by Crippen LogP contribution is -1.98. The van der Waals surface area contributed by atoms with Crippen molar-refractivity contribution in [3.05, 3.63) is 52.3 Å². The Hall–Kier alpha value is -1.72. The van der Waals surface area contributed by atoms with Gasteiger partial charge in [-0.25, -0.2) is 9.50 Å². The largest absolute Gasteiger partial charge is 0.325 e. The zero-order valence-electron chi connectivity index (χ0n) is 10.5. The van der Waals surface area contributed by atoms with Crippen LogP contribution in [0.2, 0.25) is 0 Å². The second kappa shape index (κ2) is 4.75. The molecule has 2 heterocycles. The minimum absolute atomic E-state index is 0.393. The molecule has 0 bridgehead atoms. The van der Waals surface area contributed by atoms with Gasteiger partial charge in [0.25, 0.3) is 0 Å². The van der Waals surface area contributed by atoms with Crippen LogP contribution in [0.1, 0.15) is 11.3 Å². The standard InChI is InChI=1S/C14H13BrN4/c1-9-3-2-4-10(7-9)11-5-6-13-17-12(8-16)14(15)19(13)18-11/h2-7H,8,16H2,1H3. The first-order valence-corrected chi connectivity index (χ1v) is 6.79. The Balaban J connectivity index is 2.18. The van der Waals surface area contributed by atoms with Gasteiger partial charge in [-0.15, -0.1) is 0 Å². The van der Waals surface area contributed by atoms with Crippen LogP contribution in [-0.4, -0.2) is 14.6 Å². The fourth-order valence-electron chi connectivity index (χ4n) is 2.04. The summed E-state index contributed by atoms with van der Waals surface area (Å²) in [5.74, 6) is 0. The quantitative estimate of drug-likeness (QED) is 0.790. The molecule has 0 aliphatic carbocycles. The number of rotatable bonds is 2. The highest BCUT2D eigenvalue weighted by atomic mass is 79.9. The number of aryl methyl sites for hydroxylation is 1. The molecule has 0 saturated carbocycles. The summed E-state index contributed by atoms with van der Waals surface area (Å²) >= 11 is 3.49. The van der Waals surface area contributed by atoms with Crippen molar-refractivity contribution >= 4 is 21.6 Å². The van der Waals surface area contributed by atoms with E-state index in [1.54, 1.807) is 4.52 Å². The van der Waals surface area contributed by atoms with Gasteiger partial charge in [0.05, 0.1) is 11.4 Å². The van der Waals surface area contributed by atoms with E-state index in [1.807, 2.05) is 18.2 Å². The zero-order chi connectivity index (χ0) is 13.4. The van der Waals surface area contributed by atoms with Crippen molar-refractivity contribution in [2.24, 2.45) is 5.73 Å². The lowest BCUT2D eigenvalue weighted by atomic mass is 10.1. The SMILES string of the molecule is Cc1cccc(-c2ccc3nc(CN)c(Br)n3n2)c1. The van der Waals surface area contributed by atoms with Gasteiger partial charge in [-0.05, 0) is 41.1 Å². The average molecular weight is 317 g/mol. The monoisotopic (exact) mass is 316 g/mol. The third kappa shape index (κ3) is 2.15. The molecule has 0 saturated heterocycles. The van der Waals surface area contributed by atoms with Gasteiger partial charge >= 0.3 is 0 Å². The normalized spacial score (nSPS) is 11.1. The van der Waals surface area contributed by atoms with Crippen LogP contribution in [0.25, 0.3) is 16.9 Å². The molecule has 2 N–H and O–H groups in total. The maximum Gasteiger partial charge on any atom is 0.155 e. The number of hydrogen-bond acceptors (Lipinski definition) is 3. The first-order valence-electron chi connectivity index (χ1n) is 6.00. The van der Waals surface area contributed by atoms with Crippen LogP contribution >= 0.6 is 15.9 Å². The highest BCUT2D eigenvalue weighted by Gasteiger charge is 2.10. The molecule has 0 aliphatic heterocycles. The zero-order valence-corrected chi connectivity index (χ0v) is 12.1. The average Bonchev–Trinajstić information content (AvgIpc) is 2.75. The number of nitrogens with zero attached hydrogens (tertiary/aromatic N) is 3. The Morgan fingerprint density at radius 2 is 2.11 bits per heavy atom. The van der Waals surface area contributed by atoms with E-state index in [2.05, 4.69) is 51.1 Å². The number of imidazole rings is 1. The Labute approximate surface area is 119 Å². The van der Waals surface area contributed by atoms with Crippen LogP contribution in [-0.2, 0) is 6.54 Å². The predicted octanol–water partition coefficient (Wildman–Crippen LogP) is 2.93. The third-order valence-electron chi connectivity index (χ3n) is 3.00. The van der Waals surface area contributed by atoms with Gasteiger partial charge in [0.2, 0.25) is 0 Å². The summed E-state index contributed by atoms with van der Waals surface area (Å²) in [5.41, 5.74) is 10.5. The number of halogens is 1. The molecule has 3 rings (SSSR count). The Morgan fingerprint density at radius 3 is 2.84 bits per heavy atom. The van der Waals surface area contributed by atoms with E-state index in [1.165, 1.54) is 5.56 Å². The molecule has 3 aromatic rings. The molecular formula is C14H13BrN4. The van der Waals surface area contributed by atoms with Gasteiger partial charge in [-0.3, -0.25) is 0 Å². The van der Waals surface area contributed by atoms with E-state index >= 15 is 0 Å². The van der Waals surface area contributed by atoms with Crippen molar-refractivity contribution in [3.63, 3.8) is 0 Å². The molecule has 0 amide bonds. The minimum Gasteiger partial charge on any atom is -0.325 e. The number of benzene rings is 1. The smallest absolute Gasteiger partial charge is 0.155 e. The van der Waals surface area contributed by atoms with E-state index in [9.17, 15) is 0 Å². The first kappa shape index (κ1) is 12.3. The molecule has 0 spiro atoms. The van der Waals surface area contributed by atoms with E-state index in [0.717, 1.165) is 27.2 Å². The molecule has 5 heteroatoms. The van der Waals surface area contributed by atoms with Gasteiger partial charge in [-0.2, -0.15) is 5.10 Å². The topological polar surface area (TPSA) is 56.2 Å². The third-order valence-corrected chi connectivity index (χ3v) is 3.79. The summed E-state index contributed by atoms with van der Waals surface area (Å²) in [7, 11) is 0. The molecule has 0 unspecified atom stereocenters. The second-order valence-electron chi connectivity index (χ2n) is 4.41. The summed E-state index contributed by atoms with van der Waals surface area (Å²) in [6.45, 7) is 2.46. The van der Waals surface area contributed by atoms with E-state index in [4.69, 9.17) is 5.73 Å². The van der Waals surface area contributed by atoms with Crippen molar-refractivity contribution < 1.29 is 0 Å². The van der Waals surface area contributed by atoms with E-state index < -0.39 is 0 Å². The minimum atomic E-state index is 0.393. The van der Waals surface area contributed by atoms with Gasteiger partial charge < -0.3 is 5.73 Å². The van der Waals surface area contributed by atoms with Gasteiger partial charge in [0, 0.05) is 12.1 Å². The Kier molecular flexibility index (Phi) is 3.08. The number of aromatic nitrogens is 3. The summed E-state index contributed by atoms with van der Waals surface area (Å²) in [6.07, 6.45) is 0. The molecular weight excluding hydrogens is 304 g/mol. The van der Waals surface area contributed by atoms with Crippen molar-refractivity contribution in [2.45, 2.75) is 13.5 Å². The molecule has 96 valence electrons. The Bertz CT molecular complexity index is 748. The van der Waals surface area contributed by atoms with Crippen LogP contribution in [0, 0.1) is 6.92 Å². The molecule has 2 aromatic heterocycles. The van der Waals surface area contributed by atoms with E-state index in [-0.39, 0.29) is 0 Å². The second-order valence-corrected chi connectivity index (χ2v) is 5.16. The molecule has 0 radical (unpaired) electrons.